The molecule has 17 atom stereocenters. The highest BCUT2D eigenvalue weighted by atomic mass is 16.7. The first kappa shape index (κ1) is 42.4. The van der Waals surface area contributed by atoms with Crippen LogP contribution in [0.4, 0.5) is 0 Å². The normalized spacial score (nSPS) is 49.8. The average molecular weight is 705 g/mol. The number of hydrogen-bond donors (Lipinski definition) is 6. The molecule has 13 heteroatoms. The van der Waals surface area contributed by atoms with Crippen molar-refractivity contribution in [1.29, 1.82) is 0 Å². The van der Waals surface area contributed by atoms with Crippen LogP contribution in [-0.4, -0.2) is 125 Å². The molecule has 0 aliphatic carbocycles. The Bertz CT molecular complexity index is 1050. The highest BCUT2D eigenvalue weighted by Gasteiger charge is 2.51. The maximum Gasteiger partial charge on any atom is 0.311 e. The third-order valence-electron chi connectivity index (χ3n) is 11.5. The molecule has 0 aromatic rings. The molecule has 0 amide bonds. The summed E-state index contributed by atoms with van der Waals surface area (Å²) in [6.07, 6.45) is -5.48. The summed E-state index contributed by atoms with van der Waals surface area (Å²) in [5.41, 5.74) is 2.17. The maximum absolute atomic E-state index is 14.1. The summed E-state index contributed by atoms with van der Waals surface area (Å²) >= 11 is 0. The number of carbonyl (C=O) groups is 1. The summed E-state index contributed by atoms with van der Waals surface area (Å²) in [4.78, 5) is 14.1. The van der Waals surface area contributed by atoms with E-state index in [4.69, 9.17) is 34.2 Å². The van der Waals surface area contributed by atoms with Gasteiger partial charge in [0, 0.05) is 38.0 Å². The summed E-state index contributed by atoms with van der Waals surface area (Å²) in [7, 11) is 1.63. The second-order valence-corrected chi connectivity index (χ2v) is 16.0. The predicted octanol–water partition coefficient (Wildman–Crippen LogP) is 2.23. The van der Waals surface area contributed by atoms with Crippen molar-refractivity contribution in [2.75, 3.05) is 20.2 Å². The van der Waals surface area contributed by atoms with Crippen LogP contribution < -0.4 is 11.1 Å². The fraction of sp³-hybridized carbons (Fsp3) is 0.972. The van der Waals surface area contributed by atoms with Crippen molar-refractivity contribution < 1.29 is 53.6 Å². The van der Waals surface area contributed by atoms with Gasteiger partial charge in [-0.2, -0.15) is 0 Å². The highest BCUT2D eigenvalue weighted by molar-refractivity contribution is 5.73. The Morgan fingerprint density at radius 3 is 2.22 bits per heavy atom. The number of esters is 1. The Morgan fingerprint density at radius 2 is 1.63 bits per heavy atom. The number of aliphatic hydroxyl groups is 4. The Morgan fingerprint density at radius 1 is 0.980 bits per heavy atom. The molecule has 1 unspecified atom stereocenters. The lowest BCUT2D eigenvalue weighted by Crippen LogP contribution is -2.59. The van der Waals surface area contributed by atoms with E-state index in [1.807, 2.05) is 34.6 Å². The summed E-state index contributed by atoms with van der Waals surface area (Å²) in [5.74, 6) is -2.51. The summed E-state index contributed by atoms with van der Waals surface area (Å²) in [6, 6.07) is -0.565. The highest BCUT2D eigenvalue weighted by Crippen LogP contribution is 2.41. The van der Waals surface area contributed by atoms with Crippen LogP contribution in [0.3, 0.4) is 0 Å². The zero-order chi connectivity index (χ0) is 37.1. The third kappa shape index (κ3) is 9.92. The van der Waals surface area contributed by atoms with Gasteiger partial charge >= 0.3 is 5.97 Å². The van der Waals surface area contributed by atoms with Crippen LogP contribution in [0.25, 0.3) is 0 Å². The molecule has 0 spiro atoms. The molecule has 13 nitrogen and oxygen atoms in total. The molecule has 49 heavy (non-hydrogen) atoms. The molecule has 3 aliphatic rings. The van der Waals surface area contributed by atoms with Crippen LogP contribution >= 0.6 is 0 Å². The van der Waals surface area contributed by atoms with Crippen molar-refractivity contribution in [2.45, 2.75) is 179 Å². The van der Waals surface area contributed by atoms with Gasteiger partial charge in [-0.15, -0.1) is 0 Å². The van der Waals surface area contributed by atoms with E-state index in [1.54, 1.807) is 34.8 Å². The van der Waals surface area contributed by atoms with E-state index in [9.17, 15) is 25.2 Å². The van der Waals surface area contributed by atoms with Crippen molar-refractivity contribution in [3.05, 3.63) is 0 Å². The van der Waals surface area contributed by atoms with Crippen molar-refractivity contribution in [3.63, 3.8) is 0 Å². The Kier molecular flexibility index (Phi) is 14.9. The first-order valence-corrected chi connectivity index (χ1v) is 18.3. The molecular weight excluding hydrogens is 636 g/mol. The van der Waals surface area contributed by atoms with Gasteiger partial charge in [-0.3, -0.25) is 4.79 Å². The summed E-state index contributed by atoms with van der Waals surface area (Å²) in [5, 5.41) is 49.3. The largest absolute Gasteiger partial charge is 0.459 e. The van der Waals surface area contributed by atoms with Gasteiger partial charge in [0.05, 0.1) is 41.5 Å². The first-order chi connectivity index (χ1) is 22.7. The van der Waals surface area contributed by atoms with E-state index >= 15 is 0 Å². The van der Waals surface area contributed by atoms with Crippen LogP contribution in [0.15, 0.2) is 0 Å². The second-order valence-electron chi connectivity index (χ2n) is 16.0. The van der Waals surface area contributed by atoms with Crippen LogP contribution in [0.5, 0.6) is 0 Å². The predicted molar refractivity (Wildman–Crippen MR) is 183 cm³/mol. The lowest BCUT2D eigenvalue weighted by atomic mass is 9.77. The van der Waals surface area contributed by atoms with Gasteiger partial charge in [0.15, 0.2) is 12.6 Å². The second kappa shape index (κ2) is 17.2. The molecule has 3 rings (SSSR count). The first-order valence-electron chi connectivity index (χ1n) is 18.3. The van der Waals surface area contributed by atoms with Gasteiger partial charge in [-0.1, -0.05) is 20.8 Å². The number of nitrogens with one attached hydrogen (secondary N) is 1. The zero-order valence-corrected chi connectivity index (χ0v) is 31.8. The lowest BCUT2D eigenvalue weighted by molar-refractivity contribution is -0.309. The molecule has 288 valence electrons. The van der Waals surface area contributed by atoms with E-state index in [1.165, 1.54) is 6.92 Å². The van der Waals surface area contributed by atoms with Crippen LogP contribution in [0.2, 0.25) is 0 Å². The number of methoxy groups -OCH3 is 1. The third-order valence-corrected chi connectivity index (χ3v) is 11.5. The minimum Gasteiger partial charge on any atom is -0.459 e. The van der Waals surface area contributed by atoms with Gasteiger partial charge in [0.1, 0.15) is 23.9 Å². The molecule has 3 heterocycles. The van der Waals surface area contributed by atoms with Crippen molar-refractivity contribution >= 4 is 5.97 Å². The molecule has 3 saturated heterocycles. The number of aliphatic hydroxyl groups excluding tert-OH is 2. The number of ether oxygens (including phenoxy) is 6. The molecule has 0 saturated carbocycles. The van der Waals surface area contributed by atoms with Gasteiger partial charge in [-0.05, 0) is 86.6 Å². The zero-order valence-electron chi connectivity index (χ0n) is 31.8. The number of cyclic esters (lactones) is 1. The SMILES string of the molecule is CC[C@H]1OC(=O)[C@H](C)[C@@H](O[C@H]2C[C@@](C)(OC)C(CN)[C@H](C)O2)[C@H](C)[C@@H](O[C@@H]2O[C@H](C)CC[C@H]2O)[C@](C)(O)C[C@@H](C)CN[C@H](C)[C@@H](O)[C@]1(C)O. The molecule has 0 radical (unpaired) electrons. The maximum atomic E-state index is 14.1. The molecule has 3 aliphatic heterocycles. The lowest BCUT2D eigenvalue weighted by Gasteiger charge is -2.49. The standard InChI is InChI=1S/C36H68N2O11/c1-12-27-36(10,43)30(40)23(6)38-18-19(2)15-34(8,42)31(49-33-26(39)14-13-20(3)45-33)21(4)29(22(5)32(41)47-27)48-28-16-35(9,44-11)25(17-37)24(7)46-28/h19-31,33,38-40,42-43H,12-18,37H2,1-11H3/t19-,20-,21+,22-,23-,24+,25?,26-,27-,28+,29+,30-,31-,33+,34-,35-,36-/m1/s1. The molecule has 0 bridgehead atoms. The van der Waals surface area contributed by atoms with Gasteiger partial charge in [0.2, 0.25) is 0 Å². The molecule has 3 fully saturated rings. The fourth-order valence-corrected chi connectivity index (χ4v) is 8.28. The van der Waals surface area contributed by atoms with Crippen molar-refractivity contribution in [3.8, 4) is 0 Å². The topological polar surface area (TPSA) is 191 Å². The average Bonchev–Trinajstić information content (AvgIpc) is 3.03. The van der Waals surface area contributed by atoms with Crippen LogP contribution in [0, 0.1) is 23.7 Å². The summed E-state index contributed by atoms with van der Waals surface area (Å²) < 4.78 is 37.7. The molecule has 7 N–H and O–H groups in total. The Hall–Kier alpha value is -0.970. The minimum atomic E-state index is -1.77. The monoisotopic (exact) mass is 704 g/mol. The molecular formula is C36H68N2O11. The molecule has 0 aromatic heterocycles. The molecule has 0 aromatic carbocycles. The quantitative estimate of drug-likeness (QED) is 0.212. The Labute approximate surface area is 293 Å². The van der Waals surface area contributed by atoms with E-state index in [0.717, 1.165) is 0 Å². The van der Waals surface area contributed by atoms with Crippen LogP contribution in [-0.2, 0) is 33.2 Å². The van der Waals surface area contributed by atoms with Gasteiger partial charge in [-0.25, -0.2) is 0 Å². The van der Waals surface area contributed by atoms with Crippen LogP contribution in [0.1, 0.15) is 101 Å². The van der Waals surface area contributed by atoms with Gasteiger partial charge < -0.3 is 59.9 Å². The number of nitrogens with two attached hydrogens (primary N) is 1. The van der Waals surface area contributed by atoms with Gasteiger partial charge in [0.25, 0.3) is 0 Å². The smallest absolute Gasteiger partial charge is 0.311 e. The number of carbonyl (C=O) groups excluding carboxylic acids is 1. The number of rotatable bonds is 7. The van der Waals surface area contributed by atoms with Crippen molar-refractivity contribution in [1.82, 2.24) is 5.32 Å². The van der Waals surface area contributed by atoms with E-state index in [2.05, 4.69) is 5.32 Å². The van der Waals surface area contributed by atoms with E-state index in [0.29, 0.717) is 32.4 Å². The Balaban J connectivity index is 2.12. The summed E-state index contributed by atoms with van der Waals surface area (Å²) in [6.45, 7) is 18.7. The van der Waals surface area contributed by atoms with E-state index < -0.39 is 83.7 Å². The fourth-order valence-electron chi connectivity index (χ4n) is 8.28. The minimum absolute atomic E-state index is 0.106. The van der Waals surface area contributed by atoms with E-state index in [-0.39, 0.29) is 36.9 Å². The number of hydrogen-bond acceptors (Lipinski definition) is 13. The van der Waals surface area contributed by atoms with Crippen molar-refractivity contribution in [2.24, 2.45) is 29.4 Å².